The molecule has 208 valence electrons. The molecule has 0 radical (unpaired) electrons. The summed E-state index contributed by atoms with van der Waals surface area (Å²) < 4.78 is 31.6. The smallest absolute Gasteiger partial charge is 0.414 e. The minimum atomic E-state index is -3.12. The van der Waals surface area contributed by atoms with Crippen LogP contribution in [0.1, 0.15) is 67.9 Å². The Morgan fingerprint density at radius 1 is 1.08 bits per heavy atom. The zero-order valence-electron chi connectivity index (χ0n) is 22.5. The molecule has 0 saturated heterocycles. The van der Waals surface area contributed by atoms with Gasteiger partial charge >= 0.3 is 12.1 Å². The summed E-state index contributed by atoms with van der Waals surface area (Å²) in [6.07, 6.45) is 5.02. The number of anilines is 1. The first-order chi connectivity index (χ1) is 18.6. The summed E-state index contributed by atoms with van der Waals surface area (Å²) in [7, 11) is -1.75. The molecular formula is C29H35N3O6S. The molecule has 9 nitrogen and oxygen atoms in total. The Kier molecular flexibility index (Phi) is 7.41. The second kappa shape index (κ2) is 10.6. The van der Waals surface area contributed by atoms with Gasteiger partial charge in [0.25, 0.3) is 0 Å². The van der Waals surface area contributed by atoms with E-state index in [0.29, 0.717) is 37.1 Å². The van der Waals surface area contributed by atoms with E-state index in [9.17, 15) is 23.1 Å². The van der Waals surface area contributed by atoms with Gasteiger partial charge in [0.15, 0.2) is 0 Å². The molecule has 2 atom stereocenters. The number of carbonyl (C=O) groups is 2. The van der Waals surface area contributed by atoms with Gasteiger partial charge in [-0.2, -0.15) is 0 Å². The Morgan fingerprint density at radius 3 is 2.38 bits per heavy atom. The number of aromatic nitrogens is 2. The van der Waals surface area contributed by atoms with Crippen molar-refractivity contribution in [1.29, 1.82) is 0 Å². The lowest BCUT2D eigenvalue weighted by atomic mass is 9.92. The van der Waals surface area contributed by atoms with Gasteiger partial charge in [-0.15, -0.1) is 0 Å². The van der Waals surface area contributed by atoms with E-state index >= 15 is 0 Å². The lowest BCUT2D eigenvalue weighted by Gasteiger charge is -2.34. The molecular weight excluding hydrogens is 518 g/mol. The van der Waals surface area contributed by atoms with E-state index in [-0.39, 0.29) is 23.8 Å². The Labute approximate surface area is 228 Å². The minimum Gasteiger partial charge on any atom is -0.481 e. The number of aryl methyl sites for hydroxylation is 1. The monoisotopic (exact) mass is 553 g/mol. The van der Waals surface area contributed by atoms with E-state index in [0.717, 1.165) is 35.1 Å². The Balaban J connectivity index is 1.63. The average Bonchev–Trinajstić information content (AvgIpc) is 3.29. The Morgan fingerprint density at radius 2 is 1.77 bits per heavy atom. The van der Waals surface area contributed by atoms with Crippen molar-refractivity contribution >= 4 is 38.6 Å². The van der Waals surface area contributed by atoms with Gasteiger partial charge in [-0.3, -0.25) is 9.69 Å². The van der Waals surface area contributed by atoms with E-state index in [2.05, 4.69) is 4.57 Å². The molecule has 1 N–H and O–H groups in total. The summed E-state index contributed by atoms with van der Waals surface area (Å²) >= 11 is 0. The molecule has 1 aliphatic heterocycles. The molecule has 1 aromatic heterocycles. The molecule has 2 aliphatic rings. The maximum Gasteiger partial charge on any atom is 0.414 e. The average molecular weight is 554 g/mol. The Bertz CT molecular complexity index is 1490. The summed E-state index contributed by atoms with van der Waals surface area (Å²) in [5, 5.41) is 9.82. The topological polar surface area (TPSA) is 119 Å². The number of carboxylic acids is 1. The van der Waals surface area contributed by atoms with Crippen LogP contribution in [-0.4, -0.2) is 59.8 Å². The predicted molar refractivity (Wildman–Crippen MR) is 149 cm³/mol. The number of hydrogen-bond donors (Lipinski definition) is 1. The molecule has 3 aromatic rings. The van der Waals surface area contributed by atoms with Crippen molar-refractivity contribution in [2.45, 2.75) is 75.1 Å². The van der Waals surface area contributed by atoms with Gasteiger partial charge in [-0.1, -0.05) is 30.3 Å². The number of hydrogen-bond acceptors (Lipinski definition) is 6. The van der Waals surface area contributed by atoms with Crippen LogP contribution in [0.3, 0.4) is 0 Å². The number of rotatable bonds is 6. The van der Waals surface area contributed by atoms with Crippen molar-refractivity contribution in [2.24, 2.45) is 0 Å². The van der Waals surface area contributed by atoms with Crippen molar-refractivity contribution in [3.8, 4) is 0 Å². The van der Waals surface area contributed by atoms with Gasteiger partial charge < -0.3 is 14.4 Å². The number of ether oxygens (including phenoxy) is 1. The SMILES string of the molecule is COC(=O)N1c2ccc3c(nc(CC(C(=O)O)c4ccccc4)n3C3CCC(S(C)(=O)=O)CC3)c2CC[C@@H]1C. The molecule has 1 amide bonds. The molecule has 1 aliphatic carbocycles. The van der Waals surface area contributed by atoms with Crippen molar-refractivity contribution in [1.82, 2.24) is 9.55 Å². The van der Waals surface area contributed by atoms with Crippen LogP contribution in [0.15, 0.2) is 42.5 Å². The first-order valence-electron chi connectivity index (χ1n) is 13.5. The number of nitrogens with zero attached hydrogens (tertiary/aromatic N) is 3. The number of sulfone groups is 1. The maximum absolute atomic E-state index is 12.6. The summed E-state index contributed by atoms with van der Waals surface area (Å²) in [5.41, 5.74) is 4.08. The first-order valence-corrected chi connectivity index (χ1v) is 15.4. The molecule has 1 unspecified atom stereocenters. The fourth-order valence-corrected chi connectivity index (χ4v) is 7.45. The lowest BCUT2D eigenvalue weighted by Crippen LogP contribution is -2.42. The van der Waals surface area contributed by atoms with Gasteiger partial charge in [0, 0.05) is 30.3 Å². The molecule has 2 aromatic carbocycles. The van der Waals surface area contributed by atoms with Crippen molar-refractivity contribution < 1.29 is 27.9 Å². The van der Waals surface area contributed by atoms with Gasteiger partial charge in [-0.05, 0) is 63.1 Å². The van der Waals surface area contributed by atoms with Crippen LogP contribution >= 0.6 is 0 Å². The molecule has 5 rings (SSSR count). The number of aliphatic carboxylic acids is 1. The molecule has 2 heterocycles. The Hall–Kier alpha value is -3.40. The zero-order chi connectivity index (χ0) is 27.9. The molecule has 10 heteroatoms. The van der Waals surface area contributed by atoms with Crippen molar-refractivity contribution in [3.05, 3.63) is 59.4 Å². The maximum atomic E-state index is 12.6. The number of imidazole rings is 1. The van der Waals surface area contributed by atoms with Crippen molar-refractivity contribution in [3.63, 3.8) is 0 Å². The van der Waals surface area contributed by atoms with Crippen LogP contribution < -0.4 is 4.90 Å². The van der Waals surface area contributed by atoms with Gasteiger partial charge in [0.2, 0.25) is 0 Å². The molecule has 0 spiro atoms. The standard InChI is InChI=1S/C29H35N3O6S/c1-18-9-14-22-24(31(18)29(35)38-2)15-16-25-27(22)30-26(17-23(28(33)34)19-7-5-4-6-8-19)32(25)20-10-12-21(13-11-20)39(3,36)37/h4-8,15-16,18,20-21,23H,9-14,17H2,1-3H3,(H,33,34)/t18-,20?,21?,23?/m0/s1. The highest BCUT2D eigenvalue weighted by Crippen LogP contribution is 2.41. The third-order valence-electron chi connectivity index (χ3n) is 8.40. The zero-order valence-corrected chi connectivity index (χ0v) is 23.4. The molecule has 1 saturated carbocycles. The quantitative estimate of drug-likeness (QED) is 0.462. The highest BCUT2D eigenvalue weighted by molar-refractivity contribution is 7.91. The van der Waals surface area contributed by atoms with E-state index in [1.165, 1.54) is 13.4 Å². The second-order valence-electron chi connectivity index (χ2n) is 10.8. The van der Waals surface area contributed by atoms with Crippen molar-refractivity contribution in [2.75, 3.05) is 18.3 Å². The van der Waals surface area contributed by atoms with Crippen LogP contribution in [-0.2, 0) is 32.2 Å². The van der Waals surface area contributed by atoms with Gasteiger partial charge in [0.1, 0.15) is 15.7 Å². The van der Waals surface area contributed by atoms with Crippen LogP contribution in [0.5, 0.6) is 0 Å². The normalized spacial score (nSPS) is 22.3. The minimum absolute atomic E-state index is 0.00509. The van der Waals surface area contributed by atoms with Crippen LogP contribution in [0.4, 0.5) is 10.5 Å². The summed E-state index contributed by atoms with van der Waals surface area (Å²) in [6, 6.07) is 13.0. The number of amides is 1. The summed E-state index contributed by atoms with van der Waals surface area (Å²) in [5.74, 6) is -1.04. The summed E-state index contributed by atoms with van der Waals surface area (Å²) in [6.45, 7) is 1.99. The third-order valence-corrected chi connectivity index (χ3v) is 10.1. The number of carbonyl (C=O) groups excluding carboxylic acids is 1. The number of methoxy groups -OCH3 is 1. The summed E-state index contributed by atoms with van der Waals surface area (Å²) in [4.78, 5) is 31.8. The molecule has 1 fully saturated rings. The second-order valence-corrected chi connectivity index (χ2v) is 13.1. The fourth-order valence-electron chi connectivity index (χ4n) is 6.32. The third kappa shape index (κ3) is 5.14. The van der Waals surface area contributed by atoms with E-state index in [1.54, 1.807) is 4.90 Å². The number of carboxylic acid groups (broad SMARTS) is 1. The number of benzene rings is 2. The fraction of sp³-hybridized carbons (Fsp3) is 0.483. The predicted octanol–water partition coefficient (Wildman–Crippen LogP) is 4.88. The van der Waals surface area contributed by atoms with Gasteiger partial charge in [0.05, 0.1) is 35.0 Å². The van der Waals surface area contributed by atoms with Crippen LogP contribution in [0.25, 0.3) is 11.0 Å². The lowest BCUT2D eigenvalue weighted by molar-refractivity contribution is -0.138. The molecule has 0 bridgehead atoms. The van der Waals surface area contributed by atoms with E-state index in [4.69, 9.17) is 9.72 Å². The first kappa shape index (κ1) is 27.2. The van der Waals surface area contributed by atoms with Crippen LogP contribution in [0.2, 0.25) is 0 Å². The number of fused-ring (bicyclic) bond motifs is 3. The van der Waals surface area contributed by atoms with Gasteiger partial charge in [-0.25, -0.2) is 18.2 Å². The van der Waals surface area contributed by atoms with E-state index < -0.39 is 27.8 Å². The highest BCUT2D eigenvalue weighted by atomic mass is 32.2. The largest absolute Gasteiger partial charge is 0.481 e. The molecule has 39 heavy (non-hydrogen) atoms. The van der Waals surface area contributed by atoms with Crippen LogP contribution in [0, 0.1) is 0 Å². The highest BCUT2D eigenvalue weighted by Gasteiger charge is 2.35. The van der Waals surface area contributed by atoms with E-state index in [1.807, 2.05) is 49.4 Å².